The molecule has 0 fully saturated rings. The average Bonchev–Trinajstić information content (AvgIpc) is 3.12. The summed E-state index contributed by atoms with van der Waals surface area (Å²) in [6.45, 7) is 14.1. The lowest BCUT2D eigenvalue weighted by Gasteiger charge is -2.21. The van der Waals surface area contributed by atoms with Crippen LogP contribution in [0.3, 0.4) is 0 Å². The van der Waals surface area contributed by atoms with Crippen LogP contribution in [0.15, 0.2) is 0 Å². The Morgan fingerprint density at radius 3 is 0.772 bits per heavy atom. The van der Waals surface area contributed by atoms with E-state index < -0.39 is 97.5 Å². The number of aliphatic hydroxyl groups is 1. The van der Waals surface area contributed by atoms with Gasteiger partial charge in [-0.25, -0.2) is 9.13 Å². The number of rotatable bonds is 70. The zero-order valence-corrected chi connectivity index (χ0v) is 62.0. The Bertz CT molecular complexity index is 1820. The highest BCUT2D eigenvalue weighted by Gasteiger charge is 2.30. The van der Waals surface area contributed by atoms with E-state index >= 15 is 0 Å². The number of carbonyl (C=O) groups is 4. The molecule has 92 heavy (non-hydrogen) atoms. The van der Waals surface area contributed by atoms with E-state index in [-0.39, 0.29) is 25.7 Å². The molecule has 0 aromatic rings. The molecule has 0 aromatic heterocycles. The highest BCUT2D eigenvalue weighted by atomic mass is 31.2. The number of phosphoric ester groups is 2. The van der Waals surface area contributed by atoms with E-state index in [2.05, 4.69) is 55.4 Å². The number of hydrogen-bond acceptors (Lipinski definition) is 15. The van der Waals surface area contributed by atoms with Gasteiger partial charge in [0.2, 0.25) is 0 Å². The average molecular weight is 1350 g/mol. The Labute approximate surface area is 562 Å². The lowest BCUT2D eigenvalue weighted by Crippen LogP contribution is -2.30. The van der Waals surface area contributed by atoms with Gasteiger partial charge >= 0.3 is 39.5 Å². The van der Waals surface area contributed by atoms with E-state index in [4.69, 9.17) is 37.0 Å². The van der Waals surface area contributed by atoms with Crippen LogP contribution in [-0.2, 0) is 65.4 Å². The van der Waals surface area contributed by atoms with Crippen molar-refractivity contribution in [3.05, 3.63) is 0 Å². The molecule has 0 aliphatic carbocycles. The number of ether oxygens (including phenoxy) is 4. The van der Waals surface area contributed by atoms with Gasteiger partial charge < -0.3 is 33.8 Å². The number of aliphatic hydroxyl groups excluding tert-OH is 1. The molecular formula is C73H142O17P2. The second-order valence-electron chi connectivity index (χ2n) is 27.8. The van der Waals surface area contributed by atoms with Gasteiger partial charge in [-0.15, -0.1) is 0 Å². The summed E-state index contributed by atoms with van der Waals surface area (Å²) in [6, 6.07) is 0. The number of unbranched alkanes of at least 4 members (excludes halogenated alkanes) is 34. The van der Waals surface area contributed by atoms with Gasteiger partial charge in [0.15, 0.2) is 12.2 Å². The van der Waals surface area contributed by atoms with E-state index in [0.29, 0.717) is 25.7 Å². The van der Waals surface area contributed by atoms with Crippen molar-refractivity contribution in [2.24, 2.45) is 23.7 Å². The Morgan fingerprint density at radius 2 is 0.522 bits per heavy atom. The largest absolute Gasteiger partial charge is 0.472 e. The van der Waals surface area contributed by atoms with Crippen molar-refractivity contribution in [1.29, 1.82) is 0 Å². The first-order valence-electron chi connectivity index (χ1n) is 37.8. The predicted molar refractivity (Wildman–Crippen MR) is 372 cm³/mol. The first-order chi connectivity index (χ1) is 44.2. The fourth-order valence-corrected chi connectivity index (χ4v) is 12.5. The third kappa shape index (κ3) is 64.1. The maximum atomic E-state index is 13.1. The molecule has 19 heteroatoms. The Balaban J connectivity index is 5.24. The SMILES string of the molecule is CCC(C)CCCCCCCCC(=O)OC[C@H](COP(=O)(O)OC[C@H](O)COP(=O)(O)OC[C@@H](COC(=O)CCCCCCCCCCCCCCCCC(C)C)OC(=O)CCCCCCCCCCCCCCC(C)C)OC(=O)CCCCCCCCC(C)CC. The number of phosphoric acid groups is 2. The minimum atomic E-state index is -4.96. The third-order valence-corrected chi connectivity index (χ3v) is 19.4. The Kier molecular flexibility index (Phi) is 61.3. The van der Waals surface area contributed by atoms with Gasteiger partial charge in [0.25, 0.3) is 0 Å². The molecular weight excluding hydrogens is 1210 g/mol. The molecule has 0 saturated heterocycles. The highest BCUT2D eigenvalue weighted by molar-refractivity contribution is 7.47. The maximum absolute atomic E-state index is 13.1. The van der Waals surface area contributed by atoms with Gasteiger partial charge in [0.1, 0.15) is 19.3 Å². The van der Waals surface area contributed by atoms with Crippen LogP contribution in [0.25, 0.3) is 0 Å². The van der Waals surface area contributed by atoms with Crippen molar-refractivity contribution in [2.75, 3.05) is 39.6 Å². The summed E-state index contributed by atoms with van der Waals surface area (Å²) in [4.78, 5) is 72.6. The van der Waals surface area contributed by atoms with Crippen LogP contribution in [0.5, 0.6) is 0 Å². The fraction of sp³-hybridized carbons (Fsp3) is 0.945. The molecule has 0 aliphatic heterocycles. The van der Waals surface area contributed by atoms with Gasteiger partial charge in [-0.3, -0.25) is 37.3 Å². The normalized spacial score (nSPS) is 14.8. The van der Waals surface area contributed by atoms with Gasteiger partial charge in [-0.1, -0.05) is 312 Å². The molecule has 0 heterocycles. The monoisotopic (exact) mass is 1350 g/mol. The van der Waals surface area contributed by atoms with E-state index in [1.54, 1.807) is 0 Å². The molecule has 3 N–H and O–H groups in total. The minimum Gasteiger partial charge on any atom is -0.462 e. The summed E-state index contributed by atoms with van der Waals surface area (Å²) < 4.78 is 68.4. The zero-order chi connectivity index (χ0) is 68.2. The van der Waals surface area contributed by atoms with Crippen LogP contribution in [-0.4, -0.2) is 96.7 Å². The van der Waals surface area contributed by atoms with Gasteiger partial charge in [0, 0.05) is 25.7 Å². The molecule has 0 rings (SSSR count). The lowest BCUT2D eigenvalue weighted by molar-refractivity contribution is -0.161. The van der Waals surface area contributed by atoms with E-state index in [0.717, 1.165) is 120 Å². The van der Waals surface area contributed by atoms with Gasteiger partial charge in [0.05, 0.1) is 26.4 Å². The third-order valence-electron chi connectivity index (χ3n) is 17.5. The first kappa shape index (κ1) is 90.1. The summed E-state index contributed by atoms with van der Waals surface area (Å²) in [6.07, 6.45) is 45.9. The number of hydrogen-bond donors (Lipinski definition) is 3. The fourth-order valence-electron chi connectivity index (χ4n) is 11.0. The van der Waals surface area contributed by atoms with Gasteiger partial charge in [-0.2, -0.15) is 0 Å². The highest BCUT2D eigenvalue weighted by Crippen LogP contribution is 2.45. The number of carbonyl (C=O) groups excluding carboxylic acids is 4. The molecule has 0 amide bonds. The number of esters is 4. The van der Waals surface area contributed by atoms with Crippen molar-refractivity contribution < 1.29 is 80.2 Å². The lowest BCUT2D eigenvalue weighted by atomic mass is 10.00. The molecule has 546 valence electrons. The second kappa shape index (κ2) is 62.6. The van der Waals surface area contributed by atoms with Crippen molar-refractivity contribution >= 4 is 39.5 Å². The van der Waals surface area contributed by atoms with Crippen LogP contribution in [0.1, 0.15) is 364 Å². The maximum Gasteiger partial charge on any atom is 0.472 e. The van der Waals surface area contributed by atoms with Crippen LogP contribution in [0.4, 0.5) is 0 Å². The van der Waals surface area contributed by atoms with Crippen LogP contribution < -0.4 is 0 Å². The van der Waals surface area contributed by atoms with Crippen LogP contribution >= 0.6 is 15.6 Å². The second-order valence-corrected chi connectivity index (χ2v) is 30.7. The van der Waals surface area contributed by atoms with E-state index in [9.17, 15) is 43.2 Å². The summed E-state index contributed by atoms with van der Waals surface area (Å²) in [5, 5.41) is 10.6. The molecule has 0 aromatic carbocycles. The van der Waals surface area contributed by atoms with Crippen LogP contribution in [0.2, 0.25) is 0 Å². The van der Waals surface area contributed by atoms with Gasteiger partial charge in [-0.05, 0) is 49.4 Å². The quantitative estimate of drug-likeness (QED) is 0.0222. The summed E-state index contributed by atoms with van der Waals surface area (Å²) >= 11 is 0. The van der Waals surface area contributed by atoms with Crippen molar-refractivity contribution in [1.82, 2.24) is 0 Å². The molecule has 0 bridgehead atoms. The first-order valence-corrected chi connectivity index (χ1v) is 40.8. The molecule has 0 radical (unpaired) electrons. The summed E-state index contributed by atoms with van der Waals surface area (Å²) in [5.74, 6) is 0.898. The molecule has 0 spiro atoms. The Hall–Kier alpha value is -1.94. The zero-order valence-electron chi connectivity index (χ0n) is 60.2. The molecule has 17 nitrogen and oxygen atoms in total. The van der Waals surface area contributed by atoms with E-state index in [1.807, 2.05) is 0 Å². The smallest absolute Gasteiger partial charge is 0.462 e. The van der Waals surface area contributed by atoms with Crippen molar-refractivity contribution in [3.63, 3.8) is 0 Å². The van der Waals surface area contributed by atoms with Crippen molar-refractivity contribution in [2.45, 2.75) is 382 Å². The minimum absolute atomic E-state index is 0.102. The topological polar surface area (TPSA) is 237 Å². The van der Waals surface area contributed by atoms with Crippen molar-refractivity contribution in [3.8, 4) is 0 Å². The standard InChI is InChI=1S/C73H142O17P2/c1-9-65(7)51-43-35-29-31-38-46-54-71(76)84-60-69(90-73(78)56-48-40-32-30-36-44-52-66(8)10-2)62-88-92(81,82)86-58-67(74)57-85-91(79,80)87-61-68(89-72(77)55-47-39-28-24-20-16-15-18-22-26-34-42-50-64(5)6)59-83-70(75)53-45-37-27-23-19-14-12-11-13-17-21-25-33-41-49-63(3)4/h63-69,74H,9-62H2,1-8H3,(H,79,80)(H,81,82)/t65?,66?,67-,68-,69-/m1/s1. The van der Waals surface area contributed by atoms with Crippen LogP contribution in [0, 0.1) is 23.7 Å². The summed E-state index contributed by atoms with van der Waals surface area (Å²) in [5.41, 5.74) is 0. The Morgan fingerprint density at radius 1 is 0.304 bits per heavy atom. The predicted octanol–water partition coefficient (Wildman–Crippen LogP) is 20.9. The van der Waals surface area contributed by atoms with E-state index in [1.165, 1.54) is 161 Å². The molecule has 0 aliphatic rings. The molecule has 4 unspecified atom stereocenters. The molecule has 0 saturated carbocycles. The molecule has 7 atom stereocenters. The summed E-state index contributed by atoms with van der Waals surface area (Å²) in [7, 11) is -9.91.